The van der Waals surface area contributed by atoms with Gasteiger partial charge in [-0.05, 0) is 12.1 Å². The second kappa shape index (κ2) is 6.91. The third-order valence-corrected chi connectivity index (χ3v) is 3.51. The summed E-state index contributed by atoms with van der Waals surface area (Å²) in [5, 5.41) is 9.14. The van der Waals surface area contributed by atoms with Crippen LogP contribution in [0.1, 0.15) is 41.4 Å². The molecule has 10 heteroatoms. The van der Waals surface area contributed by atoms with Gasteiger partial charge in [0.1, 0.15) is 0 Å². The van der Waals surface area contributed by atoms with Crippen molar-refractivity contribution in [2.45, 2.75) is 0 Å². The second-order valence-corrected chi connectivity index (χ2v) is 5.10. The van der Waals surface area contributed by atoms with E-state index >= 15 is 0 Å². The van der Waals surface area contributed by atoms with Gasteiger partial charge in [0, 0.05) is 19.2 Å². The first-order valence-corrected chi connectivity index (χ1v) is 6.94. The average molecular weight is 347 g/mol. The van der Waals surface area contributed by atoms with E-state index in [2.05, 4.69) is 11.4 Å². The van der Waals surface area contributed by atoms with E-state index in [0.29, 0.717) is 6.29 Å². The van der Waals surface area contributed by atoms with Crippen molar-refractivity contribution in [1.29, 1.82) is 0 Å². The SMILES string of the molecule is C=CCN1C(=O)c2cc(C=O)c(C(=O)N(C)CO[N+](=O)[O-])cc2C1=O. The van der Waals surface area contributed by atoms with Crippen molar-refractivity contribution in [2.24, 2.45) is 0 Å². The normalized spacial score (nSPS) is 12.6. The third-order valence-electron chi connectivity index (χ3n) is 3.51. The number of nitrogens with zero attached hydrogens (tertiary/aromatic N) is 3. The first kappa shape index (κ1) is 17.8. The highest BCUT2D eigenvalue weighted by Gasteiger charge is 2.36. The number of carbonyl (C=O) groups excluding carboxylic acids is 4. The summed E-state index contributed by atoms with van der Waals surface area (Å²) in [5.41, 5.74) is -0.290. The van der Waals surface area contributed by atoms with Gasteiger partial charge in [0.05, 0.1) is 16.7 Å². The number of fused-ring (bicyclic) bond motifs is 1. The Morgan fingerprint density at radius 2 is 1.96 bits per heavy atom. The summed E-state index contributed by atoms with van der Waals surface area (Å²) >= 11 is 0. The molecule has 0 bridgehead atoms. The first-order chi connectivity index (χ1) is 11.8. The van der Waals surface area contributed by atoms with Crippen LogP contribution in [0, 0.1) is 10.1 Å². The van der Waals surface area contributed by atoms with E-state index in [4.69, 9.17) is 0 Å². The monoisotopic (exact) mass is 347 g/mol. The summed E-state index contributed by atoms with van der Waals surface area (Å²) in [7, 11) is 1.23. The zero-order chi connectivity index (χ0) is 18.7. The van der Waals surface area contributed by atoms with E-state index in [1.165, 1.54) is 13.1 Å². The fourth-order valence-electron chi connectivity index (χ4n) is 2.33. The van der Waals surface area contributed by atoms with Gasteiger partial charge in [-0.3, -0.25) is 28.9 Å². The van der Waals surface area contributed by atoms with Gasteiger partial charge in [-0.15, -0.1) is 16.7 Å². The van der Waals surface area contributed by atoms with E-state index in [9.17, 15) is 29.3 Å². The Balaban J connectivity index is 2.42. The summed E-state index contributed by atoms with van der Waals surface area (Å²) in [6, 6.07) is 2.29. The van der Waals surface area contributed by atoms with Crippen molar-refractivity contribution in [2.75, 3.05) is 20.3 Å². The molecule has 0 fully saturated rings. The van der Waals surface area contributed by atoms with Crippen LogP contribution < -0.4 is 0 Å². The maximum atomic E-state index is 12.4. The molecule has 25 heavy (non-hydrogen) atoms. The highest BCUT2D eigenvalue weighted by Crippen LogP contribution is 2.26. The predicted octanol–water partition coefficient (Wildman–Crippen LogP) is 0.519. The number of benzene rings is 1. The summed E-state index contributed by atoms with van der Waals surface area (Å²) < 4.78 is 0. The highest BCUT2D eigenvalue weighted by molar-refractivity contribution is 6.23. The molecule has 1 aromatic rings. The summed E-state index contributed by atoms with van der Waals surface area (Å²) in [5.74, 6) is -1.98. The van der Waals surface area contributed by atoms with Crippen LogP contribution in [0.15, 0.2) is 24.8 Å². The van der Waals surface area contributed by atoms with E-state index in [1.54, 1.807) is 0 Å². The molecule has 0 saturated carbocycles. The molecule has 10 nitrogen and oxygen atoms in total. The molecule has 0 atom stereocenters. The fraction of sp³-hybridized carbons (Fsp3) is 0.200. The number of hydrogen-bond acceptors (Lipinski definition) is 7. The van der Waals surface area contributed by atoms with Crippen LogP contribution in [0.25, 0.3) is 0 Å². The Labute approximate surface area is 141 Å². The molecule has 130 valence electrons. The number of imide groups is 1. The van der Waals surface area contributed by atoms with Gasteiger partial charge in [-0.25, -0.2) is 0 Å². The molecular formula is C15H13N3O7. The van der Waals surface area contributed by atoms with Crippen LogP contribution in [0.5, 0.6) is 0 Å². The van der Waals surface area contributed by atoms with Crippen LogP contribution >= 0.6 is 0 Å². The van der Waals surface area contributed by atoms with Gasteiger partial charge >= 0.3 is 0 Å². The fourth-order valence-corrected chi connectivity index (χ4v) is 2.33. The lowest BCUT2D eigenvalue weighted by molar-refractivity contribution is -0.761. The number of rotatable bonds is 7. The van der Waals surface area contributed by atoms with Crippen LogP contribution in [-0.4, -0.2) is 59.2 Å². The predicted molar refractivity (Wildman–Crippen MR) is 82.4 cm³/mol. The average Bonchev–Trinajstić information content (AvgIpc) is 2.82. The van der Waals surface area contributed by atoms with Crippen molar-refractivity contribution in [3.63, 3.8) is 0 Å². The zero-order valence-corrected chi connectivity index (χ0v) is 13.1. The molecule has 0 aliphatic carbocycles. The van der Waals surface area contributed by atoms with Crippen LogP contribution in [0.4, 0.5) is 0 Å². The molecule has 1 aliphatic rings. The maximum absolute atomic E-state index is 12.4. The minimum absolute atomic E-state index is 0.00898. The molecule has 1 aliphatic heterocycles. The Morgan fingerprint density at radius 1 is 1.36 bits per heavy atom. The molecule has 0 unspecified atom stereocenters. The summed E-state index contributed by atoms with van der Waals surface area (Å²) in [6.07, 6.45) is 1.74. The van der Waals surface area contributed by atoms with E-state index in [1.807, 2.05) is 0 Å². The smallest absolute Gasteiger partial charge is 0.296 e. The molecule has 0 saturated heterocycles. The lowest BCUT2D eigenvalue weighted by Gasteiger charge is -2.16. The van der Waals surface area contributed by atoms with Crippen molar-refractivity contribution in [3.8, 4) is 0 Å². The molecule has 3 amide bonds. The Hall–Kier alpha value is -3.56. The van der Waals surface area contributed by atoms with Crippen molar-refractivity contribution < 1.29 is 29.1 Å². The molecule has 0 radical (unpaired) electrons. The van der Waals surface area contributed by atoms with Crippen LogP contribution in [0.2, 0.25) is 0 Å². The van der Waals surface area contributed by atoms with Crippen LogP contribution in [-0.2, 0) is 4.84 Å². The van der Waals surface area contributed by atoms with Gasteiger partial charge in [0.2, 0.25) is 0 Å². The number of hydrogen-bond donors (Lipinski definition) is 0. The Kier molecular flexibility index (Phi) is 4.92. The van der Waals surface area contributed by atoms with E-state index < -0.39 is 29.5 Å². The Morgan fingerprint density at radius 3 is 2.48 bits per heavy atom. The molecule has 0 spiro atoms. The van der Waals surface area contributed by atoms with Gasteiger partial charge in [0.15, 0.2) is 13.0 Å². The molecule has 1 heterocycles. The number of carbonyl (C=O) groups is 4. The van der Waals surface area contributed by atoms with Crippen molar-refractivity contribution in [3.05, 3.63) is 57.2 Å². The van der Waals surface area contributed by atoms with Gasteiger partial charge < -0.3 is 4.90 Å². The molecule has 2 rings (SSSR count). The van der Waals surface area contributed by atoms with Gasteiger partial charge in [0.25, 0.3) is 22.8 Å². The Bertz CT molecular complexity index is 803. The van der Waals surface area contributed by atoms with Crippen LogP contribution in [0.3, 0.4) is 0 Å². The topological polar surface area (TPSA) is 127 Å². The quantitative estimate of drug-likeness (QED) is 0.176. The zero-order valence-electron chi connectivity index (χ0n) is 13.1. The minimum atomic E-state index is -1.07. The second-order valence-electron chi connectivity index (χ2n) is 5.10. The molecular weight excluding hydrogens is 334 g/mol. The minimum Gasteiger partial charge on any atom is -0.318 e. The molecule has 0 aromatic heterocycles. The van der Waals surface area contributed by atoms with Crippen molar-refractivity contribution >= 4 is 24.0 Å². The largest absolute Gasteiger partial charge is 0.318 e. The highest BCUT2D eigenvalue weighted by atomic mass is 17.0. The number of amides is 3. The third kappa shape index (κ3) is 3.22. The van der Waals surface area contributed by atoms with Crippen molar-refractivity contribution in [1.82, 2.24) is 9.80 Å². The lowest BCUT2D eigenvalue weighted by atomic mass is 9.99. The van der Waals surface area contributed by atoms with E-state index in [0.717, 1.165) is 21.9 Å². The molecule has 0 N–H and O–H groups in total. The maximum Gasteiger partial charge on any atom is 0.296 e. The van der Waals surface area contributed by atoms with Gasteiger partial charge in [-0.1, -0.05) is 6.08 Å². The van der Waals surface area contributed by atoms with E-state index in [-0.39, 0.29) is 28.8 Å². The first-order valence-electron chi connectivity index (χ1n) is 6.94. The lowest BCUT2D eigenvalue weighted by Crippen LogP contribution is -2.31. The molecule has 1 aromatic carbocycles. The van der Waals surface area contributed by atoms with Gasteiger partial charge in [-0.2, -0.15) is 0 Å². The summed E-state index contributed by atoms with van der Waals surface area (Å²) in [6.45, 7) is 2.79. The summed E-state index contributed by atoms with van der Waals surface area (Å²) in [4.78, 5) is 64.2. The number of aldehydes is 1. The standard InChI is InChI=1S/C15H13N3O7/c1-3-4-17-14(21)11-5-9(7-19)10(6-12(11)15(17)22)13(20)16(2)8-25-18(23)24/h3,5-7H,1,4,8H2,2H3.